The van der Waals surface area contributed by atoms with Gasteiger partial charge < -0.3 is 11.1 Å². The first-order valence-electron chi connectivity index (χ1n) is 4.83. The minimum atomic E-state index is -0.653. The molecule has 0 fully saturated rings. The number of rotatable bonds is 2. The van der Waals surface area contributed by atoms with Crippen LogP contribution in [0.15, 0.2) is 36.4 Å². The number of benzene rings is 2. The molecule has 0 spiro atoms. The van der Waals surface area contributed by atoms with Crippen LogP contribution < -0.4 is 11.1 Å². The lowest BCUT2D eigenvalue weighted by molar-refractivity contribution is 0.584. The monoisotopic (exact) mass is 254 g/mol. The van der Waals surface area contributed by atoms with Crippen molar-refractivity contribution < 1.29 is 8.78 Å². The topological polar surface area (TPSA) is 38.0 Å². The normalized spacial score (nSPS) is 10.3. The molecule has 0 radical (unpaired) electrons. The second-order valence-corrected chi connectivity index (χ2v) is 3.95. The predicted octanol–water partition coefficient (Wildman–Crippen LogP) is 3.94. The van der Waals surface area contributed by atoms with Crippen molar-refractivity contribution in [1.82, 2.24) is 0 Å². The molecule has 0 aliphatic heterocycles. The van der Waals surface area contributed by atoms with Gasteiger partial charge in [-0.05, 0) is 30.3 Å². The Hall–Kier alpha value is -1.81. The van der Waals surface area contributed by atoms with E-state index in [-0.39, 0.29) is 5.69 Å². The van der Waals surface area contributed by atoms with Gasteiger partial charge in [-0.25, -0.2) is 8.78 Å². The van der Waals surface area contributed by atoms with Crippen LogP contribution in [-0.2, 0) is 0 Å². The molecule has 0 bridgehead atoms. The summed E-state index contributed by atoms with van der Waals surface area (Å²) < 4.78 is 25.9. The average molecular weight is 255 g/mol. The third-order valence-electron chi connectivity index (χ3n) is 2.16. The van der Waals surface area contributed by atoms with Crippen molar-refractivity contribution in [3.63, 3.8) is 0 Å². The Morgan fingerprint density at radius 2 is 1.65 bits per heavy atom. The number of nitrogen functional groups attached to an aromatic ring is 1. The van der Waals surface area contributed by atoms with Crippen molar-refractivity contribution in [2.24, 2.45) is 0 Å². The van der Waals surface area contributed by atoms with Crippen LogP contribution in [0.1, 0.15) is 0 Å². The van der Waals surface area contributed by atoms with Crippen LogP contribution in [0.4, 0.5) is 25.8 Å². The van der Waals surface area contributed by atoms with Gasteiger partial charge in [-0.3, -0.25) is 0 Å². The Morgan fingerprint density at radius 1 is 1.00 bits per heavy atom. The van der Waals surface area contributed by atoms with Crippen molar-refractivity contribution in [3.05, 3.63) is 53.1 Å². The molecule has 2 nitrogen and oxygen atoms in total. The molecule has 17 heavy (non-hydrogen) atoms. The van der Waals surface area contributed by atoms with Gasteiger partial charge in [-0.15, -0.1) is 0 Å². The summed E-state index contributed by atoms with van der Waals surface area (Å²) in [6, 6.07) is 7.99. The molecule has 0 heterocycles. The molecule has 2 aromatic carbocycles. The maximum atomic E-state index is 13.0. The third-order valence-corrected chi connectivity index (χ3v) is 2.39. The summed E-state index contributed by atoms with van der Waals surface area (Å²) in [5, 5.41) is 3.32. The molecular weight excluding hydrogens is 246 g/mol. The maximum absolute atomic E-state index is 13.0. The quantitative estimate of drug-likeness (QED) is 0.797. The summed E-state index contributed by atoms with van der Waals surface area (Å²) >= 11 is 5.74. The minimum Gasteiger partial charge on any atom is -0.397 e. The summed E-state index contributed by atoms with van der Waals surface area (Å²) in [6.07, 6.45) is 0. The lowest BCUT2D eigenvalue weighted by Crippen LogP contribution is -1.97. The summed E-state index contributed by atoms with van der Waals surface area (Å²) in [6.45, 7) is 0. The molecule has 0 unspecified atom stereocenters. The number of nitrogens with one attached hydrogen (secondary N) is 1. The molecule has 0 aliphatic carbocycles. The van der Waals surface area contributed by atoms with E-state index in [0.717, 1.165) is 6.07 Å². The van der Waals surface area contributed by atoms with Gasteiger partial charge in [0, 0.05) is 16.8 Å². The standard InChI is InChI=1S/C12H9ClF2N2/c13-7-1-2-12(11(16)3-7)17-10-5-8(14)4-9(15)6-10/h1-6,17H,16H2. The summed E-state index contributed by atoms with van der Waals surface area (Å²) in [7, 11) is 0. The minimum absolute atomic E-state index is 0.288. The average Bonchev–Trinajstić information content (AvgIpc) is 2.21. The van der Waals surface area contributed by atoms with E-state index in [1.54, 1.807) is 18.2 Å². The Bertz CT molecular complexity index is 538. The first-order valence-corrected chi connectivity index (χ1v) is 5.20. The molecule has 0 aromatic heterocycles. The highest BCUT2D eigenvalue weighted by Crippen LogP contribution is 2.26. The Labute approximate surface area is 102 Å². The molecular formula is C12H9ClF2N2. The Kier molecular flexibility index (Phi) is 3.15. The molecule has 0 atom stereocenters. The van der Waals surface area contributed by atoms with E-state index in [1.807, 2.05) is 0 Å². The zero-order valence-corrected chi connectivity index (χ0v) is 9.43. The van der Waals surface area contributed by atoms with Crippen LogP contribution in [0.3, 0.4) is 0 Å². The van der Waals surface area contributed by atoms with Crippen LogP contribution in [0, 0.1) is 11.6 Å². The fourth-order valence-electron chi connectivity index (χ4n) is 1.43. The zero-order valence-electron chi connectivity index (χ0n) is 8.68. The van der Waals surface area contributed by atoms with Crippen LogP contribution in [-0.4, -0.2) is 0 Å². The van der Waals surface area contributed by atoms with Gasteiger partial charge in [0.2, 0.25) is 0 Å². The van der Waals surface area contributed by atoms with Crippen molar-refractivity contribution in [3.8, 4) is 0 Å². The molecule has 0 saturated heterocycles. The van der Waals surface area contributed by atoms with Gasteiger partial charge in [-0.1, -0.05) is 11.6 Å². The number of halogens is 3. The second kappa shape index (κ2) is 4.59. The van der Waals surface area contributed by atoms with Crippen LogP contribution in [0.2, 0.25) is 5.02 Å². The van der Waals surface area contributed by atoms with E-state index >= 15 is 0 Å². The second-order valence-electron chi connectivity index (χ2n) is 3.51. The molecule has 2 aromatic rings. The molecule has 88 valence electrons. The Morgan fingerprint density at radius 3 is 2.24 bits per heavy atom. The molecule has 0 saturated carbocycles. The van der Waals surface area contributed by atoms with Crippen molar-refractivity contribution in [2.75, 3.05) is 11.1 Å². The van der Waals surface area contributed by atoms with Crippen LogP contribution >= 0.6 is 11.6 Å². The number of anilines is 3. The lowest BCUT2D eigenvalue weighted by atomic mass is 10.2. The molecule has 5 heteroatoms. The Balaban J connectivity index is 2.31. The number of hydrogen-bond acceptors (Lipinski definition) is 2. The summed E-state index contributed by atoms with van der Waals surface area (Å²) in [4.78, 5) is 0. The fourth-order valence-corrected chi connectivity index (χ4v) is 1.61. The molecule has 2 rings (SSSR count). The third kappa shape index (κ3) is 2.85. The number of nitrogens with two attached hydrogens (primary N) is 1. The lowest BCUT2D eigenvalue weighted by Gasteiger charge is -2.09. The predicted molar refractivity (Wildman–Crippen MR) is 65.5 cm³/mol. The highest BCUT2D eigenvalue weighted by molar-refractivity contribution is 6.31. The first kappa shape index (κ1) is 11.7. The van der Waals surface area contributed by atoms with Crippen LogP contribution in [0.5, 0.6) is 0 Å². The maximum Gasteiger partial charge on any atom is 0.128 e. The van der Waals surface area contributed by atoms with E-state index in [2.05, 4.69) is 5.32 Å². The molecule has 0 aliphatic rings. The fraction of sp³-hybridized carbons (Fsp3) is 0. The van der Waals surface area contributed by atoms with Gasteiger partial charge in [0.1, 0.15) is 11.6 Å². The van der Waals surface area contributed by atoms with Crippen molar-refractivity contribution >= 4 is 28.7 Å². The highest BCUT2D eigenvalue weighted by atomic mass is 35.5. The smallest absolute Gasteiger partial charge is 0.128 e. The van der Waals surface area contributed by atoms with Gasteiger partial charge in [0.25, 0.3) is 0 Å². The van der Waals surface area contributed by atoms with Gasteiger partial charge >= 0.3 is 0 Å². The number of hydrogen-bond donors (Lipinski definition) is 2. The molecule has 0 amide bonds. The first-order chi connectivity index (χ1) is 8.04. The summed E-state index contributed by atoms with van der Waals surface area (Å²) in [5.74, 6) is -1.31. The largest absolute Gasteiger partial charge is 0.397 e. The SMILES string of the molecule is Nc1cc(Cl)ccc1Nc1cc(F)cc(F)c1. The van der Waals surface area contributed by atoms with E-state index in [9.17, 15) is 8.78 Å². The van der Waals surface area contributed by atoms with Gasteiger partial charge in [-0.2, -0.15) is 0 Å². The molecule has 3 N–H and O–H groups in total. The van der Waals surface area contributed by atoms with Crippen molar-refractivity contribution in [1.29, 1.82) is 0 Å². The van der Waals surface area contributed by atoms with Gasteiger partial charge in [0.15, 0.2) is 0 Å². The van der Waals surface area contributed by atoms with E-state index in [4.69, 9.17) is 17.3 Å². The summed E-state index contributed by atoms with van der Waals surface area (Å²) in [5.41, 5.74) is 6.95. The van der Waals surface area contributed by atoms with E-state index in [0.29, 0.717) is 16.4 Å². The van der Waals surface area contributed by atoms with Gasteiger partial charge in [0.05, 0.1) is 11.4 Å². The van der Waals surface area contributed by atoms with E-state index in [1.165, 1.54) is 12.1 Å². The van der Waals surface area contributed by atoms with Crippen LogP contribution in [0.25, 0.3) is 0 Å². The highest BCUT2D eigenvalue weighted by Gasteiger charge is 2.03. The van der Waals surface area contributed by atoms with Crippen molar-refractivity contribution in [2.45, 2.75) is 0 Å². The zero-order chi connectivity index (χ0) is 12.4. The van der Waals surface area contributed by atoms with E-state index < -0.39 is 11.6 Å².